The van der Waals surface area contributed by atoms with Crippen molar-refractivity contribution in [3.63, 3.8) is 0 Å². The molecule has 0 unspecified atom stereocenters. The van der Waals surface area contributed by atoms with Gasteiger partial charge in [-0.2, -0.15) is 0 Å². The minimum Gasteiger partial charge on any atom is -0.289 e. The third-order valence-corrected chi connectivity index (χ3v) is 4.18. The lowest BCUT2D eigenvalue weighted by Gasteiger charge is -2.08. The Morgan fingerprint density at radius 2 is 1.62 bits per heavy atom. The standard InChI is InChI=1S/C19H17ClO/c1-2-3-6-17-18(13-9-11-14(20)12-10-13)15-7-4-5-8-16(15)19(17)21/h4-5,7-12H,2-3,6H2,1H3. The van der Waals surface area contributed by atoms with Crippen LogP contribution in [0.3, 0.4) is 0 Å². The Kier molecular flexibility index (Phi) is 3.94. The molecular weight excluding hydrogens is 280 g/mol. The van der Waals surface area contributed by atoms with Crippen LogP contribution < -0.4 is 0 Å². The zero-order valence-electron chi connectivity index (χ0n) is 12.0. The first-order valence-corrected chi connectivity index (χ1v) is 7.73. The molecule has 0 N–H and O–H groups in total. The number of allylic oxidation sites excluding steroid dienone is 1. The first-order valence-electron chi connectivity index (χ1n) is 7.35. The summed E-state index contributed by atoms with van der Waals surface area (Å²) in [5.41, 5.74) is 4.98. The Hall–Kier alpha value is -1.86. The normalized spacial score (nSPS) is 13.7. The maximum absolute atomic E-state index is 12.7. The molecule has 1 aliphatic carbocycles. The zero-order chi connectivity index (χ0) is 14.8. The molecule has 0 spiro atoms. The third kappa shape index (κ3) is 2.54. The van der Waals surface area contributed by atoms with Crippen LogP contribution in [0.4, 0.5) is 0 Å². The van der Waals surface area contributed by atoms with Gasteiger partial charge in [0.1, 0.15) is 0 Å². The van der Waals surface area contributed by atoms with E-state index in [1.54, 1.807) is 0 Å². The van der Waals surface area contributed by atoms with E-state index in [4.69, 9.17) is 11.6 Å². The summed E-state index contributed by atoms with van der Waals surface area (Å²) < 4.78 is 0. The number of hydrogen-bond donors (Lipinski definition) is 0. The molecule has 0 aromatic heterocycles. The van der Waals surface area contributed by atoms with Crippen LogP contribution in [0.2, 0.25) is 5.02 Å². The third-order valence-electron chi connectivity index (χ3n) is 3.93. The van der Waals surface area contributed by atoms with Gasteiger partial charge in [-0.15, -0.1) is 0 Å². The van der Waals surface area contributed by atoms with Gasteiger partial charge in [-0.05, 0) is 41.7 Å². The molecule has 0 atom stereocenters. The lowest BCUT2D eigenvalue weighted by Crippen LogP contribution is -1.98. The molecule has 2 aromatic carbocycles. The number of halogens is 1. The molecule has 0 radical (unpaired) electrons. The topological polar surface area (TPSA) is 17.1 Å². The van der Waals surface area contributed by atoms with Crippen molar-refractivity contribution in [1.82, 2.24) is 0 Å². The van der Waals surface area contributed by atoms with E-state index in [1.165, 1.54) is 0 Å². The summed E-state index contributed by atoms with van der Waals surface area (Å²) >= 11 is 5.98. The number of fused-ring (bicyclic) bond motifs is 1. The van der Waals surface area contributed by atoms with E-state index in [9.17, 15) is 4.79 Å². The summed E-state index contributed by atoms with van der Waals surface area (Å²) in [5.74, 6) is 0.184. The summed E-state index contributed by atoms with van der Waals surface area (Å²) in [6.45, 7) is 2.15. The highest BCUT2D eigenvalue weighted by Crippen LogP contribution is 2.39. The van der Waals surface area contributed by atoms with Crippen molar-refractivity contribution in [1.29, 1.82) is 0 Å². The van der Waals surface area contributed by atoms with Gasteiger partial charge in [0.2, 0.25) is 0 Å². The Morgan fingerprint density at radius 1 is 0.952 bits per heavy atom. The molecule has 2 heteroatoms. The fourth-order valence-electron chi connectivity index (χ4n) is 2.88. The highest BCUT2D eigenvalue weighted by atomic mass is 35.5. The van der Waals surface area contributed by atoms with Gasteiger partial charge in [0.05, 0.1) is 0 Å². The Labute approximate surface area is 130 Å². The SMILES string of the molecule is CCCCC1=C(c2ccc(Cl)cc2)c2ccccc2C1=O. The van der Waals surface area contributed by atoms with Crippen LogP contribution in [0.15, 0.2) is 54.1 Å². The minimum absolute atomic E-state index is 0.184. The van der Waals surface area contributed by atoms with Crippen molar-refractivity contribution in [2.24, 2.45) is 0 Å². The van der Waals surface area contributed by atoms with Gasteiger partial charge < -0.3 is 0 Å². The molecule has 0 aliphatic heterocycles. The van der Waals surface area contributed by atoms with Gasteiger partial charge in [0.15, 0.2) is 5.78 Å². The Morgan fingerprint density at radius 3 is 2.29 bits per heavy atom. The van der Waals surface area contributed by atoms with Crippen LogP contribution in [-0.2, 0) is 0 Å². The van der Waals surface area contributed by atoms with Crippen LogP contribution >= 0.6 is 11.6 Å². The quantitative estimate of drug-likeness (QED) is 0.725. The average Bonchev–Trinajstić information content (AvgIpc) is 2.79. The smallest absolute Gasteiger partial charge is 0.190 e. The fourth-order valence-corrected chi connectivity index (χ4v) is 3.00. The fraction of sp³-hybridized carbons (Fsp3) is 0.211. The predicted octanol–water partition coefficient (Wildman–Crippen LogP) is 5.53. The van der Waals surface area contributed by atoms with Gasteiger partial charge in [-0.25, -0.2) is 0 Å². The van der Waals surface area contributed by atoms with Crippen molar-refractivity contribution in [3.8, 4) is 0 Å². The van der Waals surface area contributed by atoms with Crippen LogP contribution in [0, 0.1) is 0 Å². The lowest BCUT2D eigenvalue weighted by molar-refractivity contribution is 0.103. The summed E-state index contributed by atoms with van der Waals surface area (Å²) in [6, 6.07) is 15.6. The molecule has 0 saturated carbocycles. The van der Waals surface area contributed by atoms with Gasteiger partial charge in [0.25, 0.3) is 0 Å². The van der Waals surface area contributed by atoms with Gasteiger partial charge in [-0.3, -0.25) is 4.79 Å². The van der Waals surface area contributed by atoms with Crippen LogP contribution in [0.1, 0.15) is 47.7 Å². The van der Waals surface area contributed by atoms with Gasteiger partial charge in [0, 0.05) is 16.2 Å². The van der Waals surface area contributed by atoms with E-state index < -0.39 is 0 Å². The van der Waals surface area contributed by atoms with Crippen molar-refractivity contribution in [3.05, 3.63) is 75.8 Å². The Bertz CT molecular complexity index is 711. The number of unbranched alkanes of at least 4 members (excludes halogenated alkanes) is 1. The molecule has 0 bridgehead atoms. The molecule has 0 amide bonds. The summed E-state index contributed by atoms with van der Waals surface area (Å²) in [4.78, 5) is 12.7. The number of carbonyl (C=O) groups is 1. The zero-order valence-corrected chi connectivity index (χ0v) is 12.8. The summed E-state index contributed by atoms with van der Waals surface area (Å²) in [6.07, 6.45) is 2.95. The number of benzene rings is 2. The second-order valence-corrected chi connectivity index (χ2v) is 5.78. The number of ketones is 1. The summed E-state index contributed by atoms with van der Waals surface area (Å²) in [7, 11) is 0. The molecule has 1 nitrogen and oxygen atoms in total. The van der Waals surface area contributed by atoms with E-state index in [1.807, 2.05) is 48.5 Å². The van der Waals surface area contributed by atoms with Crippen molar-refractivity contribution in [2.75, 3.05) is 0 Å². The Balaban J connectivity index is 2.16. The number of hydrogen-bond acceptors (Lipinski definition) is 1. The maximum Gasteiger partial charge on any atom is 0.190 e. The van der Waals surface area contributed by atoms with Crippen LogP contribution in [-0.4, -0.2) is 5.78 Å². The van der Waals surface area contributed by atoms with E-state index in [0.717, 1.165) is 47.1 Å². The van der Waals surface area contributed by atoms with Crippen molar-refractivity contribution in [2.45, 2.75) is 26.2 Å². The van der Waals surface area contributed by atoms with E-state index in [0.29, 0.717) is 5.02 Å². The molecular formula is C19H17ClO. The lowest BCUT2D eigenvalue weighted by atomic mass is 9.95. The largest absolute Gasteiger partial charge is 0.289 e. The van der Waals surface area contributed by atoms with Crippen LogP contribution in [0.5, 0.6) is 0 Å². The first-order chi connectivity index (χ1) is 10.2. The second kappa shape index (κ2) is 5.87. The van der Waals surface area contributed by atoms with Gasteiger partial charge in [-0.1, -0.05) is 61.3 Å². The molecule has 106 valence electrons. The predicted molar refractivity (Wildman–Crippen MR) is 87.8 cm³/mol. The van der Waals surface area contributed by atoms with Gasteiger partial charge >= 0.3 is 0 Å². The highest BCUT2D eigenvalue weighted by molar-refractivity contribution is 6.30. The van der Waals surface area contributed by atoms with Crippen molar-refractivity contribution >= 4 is 23.0 Å². The van der Waals surface area contributed by atoms with Crippen molar-refractivity contribution < 1.29 is 4.79 Å². The summed E-state index contributed by atoms with van der Waals surface area (Å²) in [5, 5.41) is 0.715. The van der Waals surface area contributed by atoms with Crippen LogP contribution in [0.25, 0.3) is 5.57 Å². The number of rotatable bonds is 4. The first kappa shape index (κ1) is 14.1. The average molecular weight is 297 g/mol. The minimum atomic E-state index is 0.184. The molecule has 0 saturated heterocycles. The molecule has 0 heterocycles. The molecule has 21 heavy (non-hydrogen) atoms. The number of Topliss-reactive ketones (excluding diaryl/α,β-unsaturated/α-hetero) is 1. The molecule has 0 fully saturated rings. The second-order valence-electron chi connectivity index (χ2n) is 5.34. The van der Waals surface area contributed by atoms with E-state index >= 15 is 0 Å². The van der Waals surface area contributed by atoms with E-state index in [-0.39, 0.29) is 5.78 Å². The maximum atomic E-state index is 12.7. The van der Waals surface area contributed by atoms with E-state index in [2.05, 4.69) is 6.92 Å². The highest BCUT2D eigenvalue weighted by Gasteiger charge is 2.29. The molecule has 3 rings (SSSR count). The molecule has 1 aliphatic rings. The number of carbonyl (C=O) groups excluding carboxylic acids is 1. The molecule has 2 aromatic rings. The monoisotopic (exact) mass is 296 g/mol.